The second kappa shape index (κ2) is 5.00. The Balaban J connectivity index is 2.45. The predicted octanol–water partition coefficient (Wildman–Crippen LogP) is 3.47. The molecule has 0 saturated carbocycles. The number of nitrogens with zero attached hydrogens (tertiary/aromatic N) is 2. The van der Waals surface area contributed by atoms with Crippen molar-refractivity contribution in [2.24, 2.45) is 0 Å². The minimum atomic E-state index is 1.06. The first-order valence-electron chi connectivity index (χ1n) is 6.09. The first-order valence-corrected chi connectivity index (χ1v) is 7.08. The van der Waals surface area contributed by atoms with Crippen LogP contribution in [0.25, 0.3) is 6.08 Å². The molecule has 1 aliphatic rings. The van der Waals surface area contributed by atoms with E-state index in [1.807, 2.05) is 11.8 Å². The molecule has 1 aromatic rings. The average molecular weight is 236 g/mol. The van der Waals surface area contributed by atoms with Crippen LogP contribution in [0.4, 0.5) is 5.82 Å². The van der Waals surface area contributed by atoms with E-state index >= 15 is 0 Å². The van der Waals surface area contributed by atoms with E-state index in [9.17, 15) is 0 Å². The van der Waals surface area contributed by atoms with Gasteiger partial charge in [-0.25, -0.2) is 0 Å². The minimum absolute atomic E-state index is 1.06. The second-order valence-corrected chi connectivity index (χ2v) is 4.90. The van der Waals surface area contributed by atoms with Crippen LogP contribution in [-0.2, 0) is 6.54 Å². The van der Waals surface area contributed by atoms with Crippen molar-refractivity contribution in [1.29, 1.82) is 0 Å². The van der Waals surface area contributed by atoms with Crippen molar-refractivity contribution in [3.05, 3.63) is 17.7 Å². The van der Waals surface area contributed by atoms with Crippen molar-refractivity contribution >= 4 is 23.7 Å². The lowest BCUT2D eigenvalue weighted by Gasteiger charge is -2.23. The fourth-order valence-corrected chi connectivity index (χ4v) is 3.26. The van der Waals surface area contributed by atoms with Crippen LogP contribution in [-0.4, -0.2) is 23.4 Å². The molecule has 88 valence electrons. The number of anilines is 1. The van der Waals surface area contributed by atoms with Gasteiger partial charge in [0.15, 0.2) is 0 Å². The van der Waals surface area contributed by atoms with Crippen LogP contribution in [0.3, 0.4) is 0 Å². The van der Waals surface area contributed by atoms with E-state index in [0.29, 0.717) is 0 Å². The molecule has 0 fully saturated rings. The minimum Gasteiger partial charge on any atom is -0.359 e. The van der Waals surface area contributed by atoms with Gasteiger partial charge >= 0.3 is 0 Å². The van der Waals surface area contributed by atoms with Gasteiger partial charge in [-0.05, 0) is 26.8 Å². The number of fused-ring (bicyclic) bond motifs is 1. The zero-order chi connectivity index (χ0) is 11.5. The Morgan fingerprint density at radius 1 is 1.31 bits per heavy atom. The van der Waals surface area contributed by atoms with E-state index in [4.69, 9.17) is 0 Å². The molecule has 0 unspecified atom stereocenters. The average Bonchev–Trinajstić information content (AvgIpc) is 2.69. The molecule has 0 bridgehead atoms. The summed E-state index contributed by atoms with van der Waals surface area (Å²) in [6, 6.07) is 2.33. The molecule has 16 heavy (non-hydrogen) atoms. The molecule has 0 amide bonds. The van der Waals surface area contributed by atoms with Gasteiger partial charge in [0.05, 0.1) is 5.03 Å². The Kier molecular flexibility index (Phi) is 3.64. The molecule has 0 aromatic carbocycles. The molecule has 0 N–H and O–H groups in total. The molecular formula is C13H20N2S. The summed E-state index contributed by atoms with van der Waals surface area (Å²) in [6.45, 7) is 9.88. The van der Waals surface area contributed by atoms with E-state index in [1.165, 1.54) is 16.4 Å². The van der Waals surface area contributed by atoms with Crippen molar-refractivity contribution in [2.45, 2.75) is 32.3 Å². The maximum absolute atomic E-state index is 2.44. The van der Waals surface area contributed by atoms with Crippen LogP contribution >= 0.6 is 11.8 Å². The highest BCUT2D eigenvalue weighted by Crippen LogP contribution is 2.35. The molecule has 0 radical (unpaired) electrons. The van der Waals surface area contributed by atoms with Gasteiger partial charge in [-0.2, -0.15) is 0 Å². The van der Waals surface area contributed by atoms with Crippen molar-refractivity contribution in [3.8, 4) is 0 Å². The highest BCUT2D eigenvalue weighted by molar-refractivity contribution is 7.99. The van der Waals surface area contributed by atoms with Gasteiger partial charge in [0.1, 0.15) is 5.82 Å². The zero-order valence-corrected chi connectivity index (χ0v) is 11.2. The maximum Gasteiger partial charge on any atom is 0.109 e. The molecule has 3 heteroatoms. The third-order valence-electron chi connectivity index (χ3n) is 3.07. The zero-order valence-electron chi connectivity index (χ0n) is 10.4. The fourth-order valence-electron chi connectivity index (χ4n) is 2.24. The van der Waals surface area contributed by atoms with Crippen LogP contribution in [0, 0.1) is 0 Å². The van der Waals surface area contributed by atoms with Crippen molar-refractivity contribution in [3.63, 3.8) is 0 Å². The highest BCUT2D eigenvalue weighted by atomic mass is 32.2. The van der Waals surface area contributed by atoms with Gasteiger partial charge in [0.2, 0.25) is 0 Å². The van der Waals surface area contributed by atoms with Gasteiger partial charge in [0, 0.05) is 31.0 Å². The first-order chi connectivity index (χ1) is 7.81. The summed E-state index contributed by atoms with van der Waals surface area (Å²) >= 11 is 1.95. The number of aromatic nitrogens is 1. The standard InChI is InChI=1S/C13H20N2S/c1-4-14(5-2)12-10-11-8-7-9-16-13(11)15(12)6-3/h7-8,10H,4-6,9H2,1-3H3. The second-order valence-electron chi connectivity index (χ2n) is 3.89. The lowest BCUT2D eigenvalue weighted by Crippen LogP contribution is -2.24. The summed E-state index contributed by atoms with van der Waals surface area (Å²) in [5.74, 6) is 2.48. The van der Waals surface area contributed by atoms with Gasteiger partial charge in [0.25, 0.3) is 0 Å². The van der Waals surface area contributed by atoms with Crippen molar-refractivity contribution < 1.29 is 0 Å². The van der Waals surface area contributed by atoms with E-state index in [-0.39, 0.29) is 0 Å². The van der Waals surface area contributed by atoms with Gasteiger partial charge < -0.3 is 9.47 Å². The lowest BCUT2D eigenvalue weighted by atomic mass is 10.3. The predicted molar refractivity (Wildman–Crippen MR) is 73.4 cm³/mol. The Morgan fingerprint density at radius 3 is 2.69 bits per heavy atom. The highest BCUT2D eigenvalue weighted by Gasteiger charge is 2.17. The summed E-state index contributed by atoms with van der Waals surface area (Å²) in [5, 5.41) is 1.44. The van der Waals surface area contributed by atoms with E-state index in [0.717, 1.165) is 25.4 Å². The molecule has 2 rings (SSSR count). The van der Waals surface area contributed by atoms with Crippen LogP contribution in [0.2, 0.25) is 0 Å². The first kappa shape index (κ1) is 11.6. The number of thioether (sulfide) groups is 1. The summed E-state index contributed by atoms with van der Waals surface area (Å²) in [6.07, 6.45) is 4.50. The number of hydrogen-bond acceptors (Lipinski definition) is 2. The smallest absolute Gasteiger partial charge is 0.109 e. The quantitative estimate of drug-likeness (QED) is 0.791. The van der Waals surface area contributed by atoms with Crippen LogP contribution in [0.5, 0.6) is 0 Å². The number of hydrogen-bond donors (Lipinski definition) is 0. The summed E-state index contributed by atoms with van der Waals surface area (Å²) in [7, 11) is 0. The van der Waals surface area contributed by atoms with Gasteiger partial charge in [-0.1, -0.05) is 12.2 Å². The van der Waals surface area contributed by atoms with E-state index in [1.54, 1.807) is 0 Å². The Hall–Kier alpha value is -0.830. The molecule has 2 nitrogen and oxygen atoms in total. The Labute approximate surface area is 102 Å². The fraction of sp³-hybridized carbons (Fsp3) is 0.538. The van der Waals surface area contributed by atoms with E-state index < -0.39 is 0 Å². The molecule has 1 aromatic heterocycles. The summed E-state index contributed by atoms with van der Waals surface area (Å²) in [5.41, 5.74) is 1.39. The third kappa shape index (κ3) is 1.88. The topological polar surface area (TPSA) is 8.17 Å². The van der Waals surface area contributed by atoms with Crippen molar-refractivity contribution in [2.75, 3.05) is 23.7 Å². The molecule has 0 spiro atoms. The molecular weight excluding hydrogens is 216 g/mol. The van der Waals surface area contributed by atoms with Crippen molar-refractivity contribution in [1.82, 2.24) is 4.57 Å². The molecule has 0 aliphatic carbocycles. The van der Waals surface area contributed by atoms with Crippen LogP contribution in [0.1, 0.15) is 26.3 Å². The van der Waals surface area contributed by atoms with Gasteiger partial charge in [-0.15, -0.1) is 11.8 Å². The lowest BCUT2D eigenvalue weighted by molar-refractivity contribution is 0.675. The van der Waals surface area contributed by atoms with E-state index in [2.05, 4.69) is 48.5 Å². The Bertz CT molecular complexity index is 389. The van der Waals surface area contributed by atoms with Crippen LogP contribution in [0.15, 0.2) is 17.2 Å². The monoisotopic (exact) mass is 236 g/mol. The normalized spacial score (nSPS) is 13.9. The summed E-state index contributed by atoms with van der Waals surface area (Å²) < 4.78 is 2.44. The molecule has 0 atom stereocenters. The molecule has 0 saturated heterocycles. The SMILES string of the molecule is CCN(CC)c1cc2c(n1CC)SCC=C2. The van der Waals surface area contributed by atoms with Gasteiger partial charge in [-0.3, -0.25) is 0 Å². The number of rotatable bonds is 4. The molecule has 2 heterocycles. The Morgan fingerprint density at radius 2 is 2.06 bits per heavy atom. The third-order valence-corrected chi connectivity index (χ3v) is 4.16. The summed E-state index contributed by atoms with van der Waals surface area (Å²) in [4.78, 5) is 2.43. The molecule has 1 aliphatic heterocycles. The largest absolute Gasteiger partial charge is 0.359 e. The maximum atomic E-state index is 2.44. The van der Waals surface area contributed by atoms with Crippen LogP contribution < -0.4 is 4.90 Å².